The summed E-state index contributed by atoms with van der Waals surface area (Å²) in [6.45, 7) is 8.44. The van der Waals surface area contributed by atoms with E-state index in [1.807, 2.05) is 0 Å². The van der Waals surface area contributed by atoms with Crippen LogP contribution in [0.2, 0.25) is 0 Å². The maximum absolute atomic E-state index is 9.08. The van der Waals surface area contributed by atoms with Gasteiger partial charge in [0.25, 0.3) is 0 Å². The van der Waals surface area contributed by atoms with Crippen LogP contribution in [0.1, 0.15) is 65.7 Å². The van der Waals surface area contributed by atoms with Gasteiger partial charge in [-0.05, 0) is 43.6 Å². The third-order valence-corrected chi connectivity index (χ3v) is 4.39. The quantitative estimate of drug-likeness (QED) is 0.716. The highest BCUT2D eigenvalue weighted by atomic mass is 16.3. The van der Waals surface area contributed by atoms with Crippen molar-refractivity contribution in [3.8, 4) is 0 Å². The third kappa shape index (κ3) is 4.97. The number of hydrogen-bond donors (Lipinski definition) is 2. The molecule has 1 saturated carbocycles. The number of nitrogens with one attached hydrogen (secondary N) is 1. The van der Waals surface area contributed by atoms with Gasteiger partial charge in [0.2, 0.25) is 0 Å². The summed E-state index contributed by atoms with van der Waals surface area (Å²) in [5.74, 6) is 0.655. The zero-order chi connectivity index (χ0) is 12.7. The minimum absolute atomic E-state index is 0.334. The van der Waals surface area contributed by atoms with Crippen molar-refractivity contribution >= 4 is 0 Å². The van der Waals surface area contributed by atoms with Gasteiger partial charge in [-0.25, -0.2) is 0 Å². The zero-order valence-electron chi connectivity index (χ0n) is 12.0. The smallest absolute Gasteiger partial charge is 0.0434 e. The molecular weight excluding hydrogens is 210 g/mol. The molecule has 0 aromatic carbocycles. The van der Waals surface area contributed by atoms with Crippen LogP contribution in [0.5, 0.6) is 0 Å². The molecule has 2 unspecified atom stereocenters. The van der Waals surface area contributed by atoms with Gasteiger partial charge in [0.1, 0.15) is 0 Å². The Bertz CT molecular complexity index is 197. The van der Waals surface area contributed by atoms with Crippen molar-refractivity contribution in [3.05, 3.63) is 0 Å². The fraction of sp³-hybridized carbons (Fsp3) is 1.00. The second kappa shape index (κ2) is 7.38. The van der Waals surface area contributed by atoms with Crippen molar-refractivity contribution in [1.82, 2.24) is 5.32 Å². The van der Waals surface area contributed by atoms with Gasteiger partial charge in [0.15, 0.2) is 0 Å². The predicted molar refractivity (Wildman–Crippen MR) is 74.1 cm³/mol. The molecule has 0 saturated heterocycles. The molecule has 1 rings (SSSR count). The van der Waals surface area contributed by atoms with Crippen molar-refractivity contribution in [2.24, 2.45) is 11.3 Å². The molecule has 0 bridgehead atoms. The summed E-state index contributed by atoms with van der Waals surface area (Å²) in [6, 6.07) is 0.675. The summed E-state index contributed by atoms with van der Waals surface area (Å²) in [6.07, 6.45) is 8.85. The van der Waals surface area contributed by atoms with Crippen LogP contribution in [0, 0.1) is 11.3 Å². The maximum atomic E-state index is 9.08. The highest BCUT2D eigenvalue weighted by molar-refractivity contribution is 4.88. The van der Waals surface area contributed by atoms with E-state index in [9.17, 15) is 0 Å². The Kier molecular flexibility index (Phi) is 6.50. The molecule has 0 amide bonds. The van der Waals surface area contributed by atoms with Crippen LogP contribution in [-0.4, -0.2) is 24.3 Å². The minimum Gasteiger partial charge on any atom is -0.396 e. The van der Waals surface area contributed by atoms with Gasteiger partial charge in [0.05, 0.1) is 0 Å². The Labute approximate surface area is 107 Å². The van der Waals surface area contributed by atoms with Crippen molar-refractivity contribution < 1.29 is 5.11 Å². The minimum atomic E-state index is 0.334. The van der Waals surface area contributed by atoms with Gasteiger partial charge in [-0.3, -0.25) is 0 Å². The molecule has 2 N–H and O–H groups in total. The van der Waals surface area contributed by atoms with Gasteiger partial charge >= 0.3 is 0 Å². The van der Waals surface area contributed by atoms with Crippen molar-refractivity contribution in [2.75, 3.05) is 13.2 Å². The molecule has 0 spiro atoms. The third-order valence-electron chi connectivity index (χ3n) is 4.39. The van der Waals surface area contributed by atoms with E-state index in [0.29, 0.717) is 24.0 Å². The molecule has 0 radical (unpaired) electrons. The molecule has 0 aromatic heterocycles. The Morgan fingerprint density at radius 2 is 2.06 bits per heavy atom. The van der Waals surface area contributed by atoms with E-state index in [-0.39, 0.29) is 0 Å². The van der Waals surface area contributed by atoms with Gasteiger partial charge in [0, 0.05) is 12.6 Å². The van der Waals surface area contributed by atoms with E-state index in [0.717, 1.165) is 13.0 Å². The van der Waals surface area contributed by atoms with E-state index >= 15 is 0 Å². The summed E-state index contributed by atoms with van der Waals surface area (Å²) in [5, 5.41) is 12.8. The number of hydrogen-bond acceptors (Lipinski definition) is 2. The molecule has 1 aliphatic carbocycles. The second-order valence-corrected chi connectivity index (χ2v) is 6.36. The van der Waals surface area contributed by atoms with Crippen LogP contribution in [0.4, 0.5) is 0 Å². The lowest BCUT2D eigenvalue weighted by atomic mass is 9.73. The molecule has 0 aliphatic heterocycles. The molecular formula is C15H31NO. The fourth-order valence-corrected chi connectivity index (χ4v) is 3.12. The molecule has 17 heavy (non-hydrogen) atoms. The van der Waals surface area contributed by atoms with Crippen molar-refractivity contribution in [3.63, 3.8) is 0 Å². The monoisotopic (exact) mass is 241 g/mol. The predicted octanol–water partition coefficient (Wildman–Crippen LogP) is 3.34. The van der Waals surface area contributed by atoms with E-state index in [4.69, 9.17) is 5.11 Å². The molecule has 0 aromatic rings. The van der Waals surface area contributed by atoms with Gasteiger partial charge < -0.3 is 10.4 Å². The first kappa shape index (κ1) is 15.0. The summed E-state index contributed by atoms with van der Waals surface area (Å²) in [5.41, 5.74) is 0.453. The fourth-order valence-electron chi connectivity index (χ4n) is 3.12. The highest BCUT2D eigenvalue weighted by Crippen LogP contribution is 2.35. The second-order valence-electron chi connectivity index (χ2n) is 6.36. The van der Waals surface area contributed by atoms with Crippen LogP contribution in [0.15, 0.2) is 0 Å². The van der Waals surface area contributed by atoms with Crippen LogP contribution < -0.4 is 5.32 Å². The molecule has 2 nitrogen and oxygen atoms in total. The lowest BCUT2D eigenvalue weighted by molar-refractivity contribution is 0.157. The van der Waals surface area contributed by atoms with Gasteiger partial charge in [-0.2, -0.15) is 0 Å². The lowest BCUT2D eigenvalue weighted by Gasteiger charge is -2.40. The molecule has 2 heteroatoms. The highest BCUT2D eigenvalue weighted by Gasteiger charge is 2.31. The molecule has 1 aliphatic rings. The number of aliphatic hydroxyl groups is 1. The largest absolute Gasteiger partial charge is 0.396 e. The van der Waals surface area contributed by atoms with Crippen LogP contribution in [0.3, 0.4) is 0 Å². The molecule has 2 atom stereocenters. The average molecular weight is 241 g/mol. The first-order chi connectivity index (χ1) is 8.10. The molecule has 0 heterocycles. The molecule has 102 valence electrons. The Balaban J connectivity index is 2.36. The Morgan fingerprint density at radius 3 is 2.65 bits per heavy atom. The van der Waals surface area contributed by atoms with E-state index in [1.54, 1.807) is 0 Å². The van der Waals surface area contributed by atoms with Crippen molar-refractivity contribution in [1.29, 1.82) is 0 Å². The van der Waals surface area contributed by atoms with E-state index in [2.05, 4.69) is 26.1 Å². The van der Waals surface area contributed by atoms with E-state index < -0.39 is 0 Å². The topological polar surface area (TPSA) is 32.3 Å². The van der Waals surface area contributed by atoms with Crippen LogP contribution >= 0.6 is 0 Å². The van der Waals surface area contributed by atoms with Crippen LogP contribution in [-0.2, 0) is 0 Å². The number of aliphatic hydroxyl groups excluding tert-OH is 1. The summed E-state index contributed by atoms with van der Waals surface area (Å²) in [7, 11) is 0. The summed E-state index contributed by atoms with van der Waals surface area (Å²) < 4.78 is 0. The normalized spacial score (nSPS) is 25.8. The maximum Gasteiger partial charge on any atom is 0.0434 e. The summed E-state index contributed by atoms with van der Waals surface area (Å²) >= 11 is 0. The first-order valence-electron chi connectivity index (χ1n) is 7.44. The lowest BCUT2D eigenvalue weighted by Crippen LogP contribution is -2.45. The van der Waals surface area contributed by atoms with Crippen molar-refractivity contribution in [2.45, 2.75) is 71.8 Å². The zero-order valence-corrected chi connectivity index (χ0v) is 12.0. The van der Waals surface area contributed by atoms with Gasteiger partial charge in [-0.15, -0.1) is 0 Å². The summed E-state index contributed by atoms with van der Waals surface area (Å²) in [4.78, 5) is 0. The number of rotatable bonds is 7. The Morgan fingerprint density at radius 1 is 1.29 bits per heavy atom. The SMILES string of the molecule is CCCC(CCO)CNC1CCCCC1(C)C. The van der Waals surface area contributed by atoms with Gasteiger partial charge in [-0.1, -0.05) is 40.0 Å². The first-order valence-corrected chi connectivity index (χ1v) is 7.44. The van der Waals surface area contributed by atoms with E-state index in [1.165, 1.54) is 38.5 Å². The molecule has 1 fully saturated rings. The standard InChI is InChI=1S/C15H31NO/c1-4-7-13(9-11-17)12-16-14-8-5-6-10-15(14,2)3/h13-14,16-17H,4-12H2,1-3H3. The van der Waals surface area contributed by atoms with Crippen LogP contribution in [0.25, 0.3) is 0 Å². The Hall–Kier alpha value is -0.0800. The average Bonchev–Trinajstić information content (AvgIpc) is 2.27.